The van der Waals surface area contributed by atoms with E-state index in [1.807, 2.05) is 26.8 Å². The van der Waals surface area contributed by atoms with Crippen LogP contribution in [0.25, 0.3) is 0 Å². The van der Waals surface area contributed by atoms with E-state index in [4.69, 9.17) is 0 Å². The largest absolute Gasteiger partial charge is 0.328 e. The fraction of sp³-hybridized carbons (Fsp3) is 0.643. The molecule has 1 aliphatic rings. The summed E-state index contributed by atoms with van der Waals surface area (Å²) in [6.45, 7) is 7.35. The number of carbonyl (C=O) groups excluding carboxylic acids is 1. The van der Waals surface area contributed by atoms with E-state index in [0.717, 1.165) is 24.4 Å². The molecule has 19 heavy (non-hydrogen) atoms. The molecule has 5 heteroatoms. The number of urea groups is 1. The highest BCUT2D eigenvalue weighted by Crippen LogP contribution is 2.39. The van der Waals surface area contributed by atoms with Gasteiger partial charge in [0.2, 0.25) is 0 Å². The molecule has 0 unspecified atom stereocenters. The second kappa shape index (κ2) is 5.99. The van der Waals surface area contributed by atoms with Crippen LogP contribution in [0, 0.1) is 12.8 Å². The third-order valence-corrected chi connectivity index (χ3v) is 3.51. The summed E-state index contributed by atoms with van der Waals surface area (Å²) in [6.07, 6.45) is 4.04. The monoisotopic (exact) mass is 262 g/mol. The second-order valence-electron chi connectivity index (χ2n) is 4.99. The number of nitrogens with zero attached hydrogens (tertiary/aromatic N) is 3. The number of aryl methyl sites for hydroxylation is 1. The Morgan fingerprint density at radius 3 is 2.68 bits per heavy atom. The number of hydrogen-bond acceptors (Lipinski definition) is 3. The highest BCUT2D eigenvalue weighted by Gasteiger charge is 2.35. The van der Waals surface area contributed by atoms with Gasteiger partial charge in [-0.2, -0.15) is 0 Å². The van der Waals surface area contributed by atoms with Crippen molar-refractivity contribution in [1.82, 2.24) is 20.2 Å². The summed E-state index contributed by atoms with van der Waals surface area (Å²) in [5.74, 6) is 1.23. The van der Waals surface area contributed by atoms with Gasteiger partial charge in [0.25, 0.3) is 0 Å². The summed E-state index contributed by atoms with van der Waals surface area (Å²) in [5, 5.41) is 3.09. The zero-order valence-electron chi connectivity index (χ0n) is 11.9. The number of rotatable bonds is 5. The first-order chi connectivity index (χ1) is 9.15. The number of carbonyl (C=O) groups is 1. The van der Waals surface area contributed by atoms with Gasteiger partial charge in [-0.3, -0.25) is 0 Å². The molecule has 1 fully saturated rings. The lowest BCUT2D eigenvalue weighted by molar-refractivity contribution is 0.197. The van der Waals surface area contributed by atoms with Gasteiger partial charge in [0.1, 0.15) is 0 Å². The number of nitrogens with one attached hydrogen (secondary N) is 1. The molecule has 0 radical (unpaired) electrons. The maximum Gasteiger partial charge on any atom is 0.317 e. The Balaban J connectivity index is 2.11. The topological polar surface area (TPSA) is 58.1 Å². The zero-order valence-corrected chi connectivity index (χ0v) is 11.9. The van der Waals surface area contributed by atoms with Crippen LogP contribution in [-0.2, 0) is 0 Å². The first kappa shape index (κ1) is 13.8. The van der Waals surface area contributed by atoms with Gasteiger partial charge >= 0.3 is 6.03 Å². The molecule has 1 heterocycles. The van der Waals surface area contributed by atoms with Gasteiger partial charge in [0.05, 0.1) is 6.04 Å². The molecule has 0 saturated heterocycles. The van der Waals surface area contributed by atoms with Gasteiger partial charge in [0, 0.05) is 25.0 Å². The first-order valence-corrected chi connectivity index (χ1v) is 7.00. The molecule has 1 aromatic rings. The van der Waals surface area contributed by atoms with Crippen LogP contribution in [0.1, 0.15) is 44.2 Å². The Labute approximate surface area is 114 Å². The van der Waals surface area contributed by atoms with Crippen LogP contribution in [0.4, 0.5) is 4.79 Å². The van der Waals surface area contributed by atoms with E-state index in [9.17, 15) is 4.79 Å². The first-order valence-electron chi connectivity index (χ1n) is 7.00. The van der Waals surface area contributed by atoms with Crippen LogP contribution < -0.4 is 5.32 Å². The number of aromatic nitrogens is 2. The maximum absolute atomic E-state index is 12.2. The van der Waals surface area contributed by atoms with Crippen molar-refractivity contribution in [2.24, 2.45) is 5.92 Å². The third kappa shape index (κ3) is 3.43. The van der Waals surface area contributed by atoms with Crippen molar-refractivity contribution in [3.63, 3.8) is 0 Å². The molecule has 0 aromatic carbocycles. The lowest BCUT2D eigenvalue weighted by Crippen LogP contribution is -2.42. The highest BCUT2D eigenvalue weighted by atomic mass is 16.2. The molecule has 1 aliphatic carbocycles. The predicted molar refractivity (Wildman–Crippen MR) is 73.7 cm³/mol. The smallest absolute Gasteiger partial charge is 0.317 e. The average Bonchev–Trinajstić information content (AvgIpc) is 3.21. The van der Waals surface area contributed by atoms with Gasteiger partial charge in [-0.05, 0) is 45.6 Å². The lowest BCUT2D eigenvalue weighted by atomic mass is 10.1. The van der Waals surface area contributed by atoms with Gasteiger partial charge in [-0.25, -0.2) is 14.8 Å². The van der Waals surface area contributed by atoms with Gasteiger partial charge in [-0.15, -0.1) is 0 Å². The van der Waals surface area contributed by atoms with E-state index in [0.29, 0.717) is 19.0 Å². The summed E-state index contributed by atoms with van der Waals surface area (Å²) < 4.78 is 0. The van der Waals surface area contributed by atoms with Crippen LogP contribution in [0.15, 0.2) is 12.3 Å². The summed E-state index contributed by atoms with van der Waals surface area (Å²) >= 11 is 0. The van der Waals surface area contributed by atoms with Crippen LogP contribution in [0.2, 0.25) is 0 Å². The Morgan fingerprint density at radius 1 is 1.47 bits per heavy atom. The van der Waals surface area contributed by atoms with Crippen molar-refractivity contribution in [3.05, 3.63) is 23.8 Å². The van der Waals surface area contributed by atoms with Crippen LogP contribution in [-0.4, -0.2) is 34.0 Å². The quantitative estimate of drug-likeness (QED) is 0.885. The Kier molecular flexibility index (Phi) is 4.35. The fourth-order valence-corrected chi connectivity index (χ4v) is 2.18. The molecule has 104 valence electrons. The molecule has 1 saturated carbocycles. The molecule has 1 aromatic heterocycles. The SMILES string of the molecule is CCN(CC)C(=O)N[C@H](c1nccc(C)n1)C1CC1. The summed E-state index contributed by atoms with van der Waals surface area (Å²) in [4.78, 5) is 22.7. The zero-order chi connectivity index (χ0) is 13.8. The highest BCUT2D eigenvalue weighted by molar-refractivity contribution is 5.74. The van der Waals surface area contributed by atoms with Crippen molar-refractivity contribution in [1.29, 1.82) is 0 Å². The average molecular weight is 262 g/mol. The standard InChI is InChI=1S/C14H22N4O/c1-4-18(5-2)14(19)17-12(11-6-7-11)13-15-9-8-10(3)16-13/h8-9,11-12H,4-7H2,1-3H3,(H,17,19)/t12-/m0/s1. The van der Waals surface area contributed by atoms with E-state index in [1.54, 1.807) is 11.1 Å². The Bertz CT molecular complexity index is 441. The van der Waals surface area contributed by atoms with E-state index in [1.165, 1.54) is 0 Å². The Morgan fingerprint density at radius 2 is 2.16 bits per heavy atom. The molecule has 0 aliphatic heterocycles. The normalized spacial score (nSPS) is 15.9. The minimum Gasteiger partial charge on any atom is -0.328 e. The molecule has 1 atom stereocenters. The van der Waals surface area contributed by atoms with Crippen molar-refractivity contribution in [2.45, 2.75) is 39.7 Å². The number of amides is 2. The molecular formula is C14H22N4O. The van der Waals surface area contributed by atoms with Crippen molar-refractivity contribution in [2.75, 3.05) is 13.1 Å². The fourth-order valence-electron chi connectivity index (χ4n) is 2.18. The molecule has 1 N–H and O–H groups in total. The maximum atomic E-state index is 12.2. The van der Waals surface area contributed by atoms with Crippen LogP contribution in [0.5, 0.6) is 0 Å². The minimum absolute atomic E-state index is 0.0213. The second-order valence-corrected chi connectivity index (χ2v) is 4.99. The van der Waals surface area contributed by atoms with E-state index in [2.05, 4.69) is 15.3 Å². The third-order valence-electron chi connectivity index (χ3n) is 3.51. The van der Waals surface area contributed by atoms with E-state index in [-0.39, 0.29) is 12.1 Å². The minimum atomic E-state index is -0.0481. The molecular weight excluding hydrogens is 240 g/mol. The van der Waals surface area contributed by atoms with Gasteiger partial charge in [0.15, 0.2) is 5.82 Å². The van der Waals surface area contributed by atoms with E-state index < -0.39 is 0 Å². The summed E-state index contributed by atoms with van der Waals surface area (Å²) in [5.41, 5.74) is 0.938. The summed E-state index contributed by atoms with van der Waals surface area (Å²) in [6, 6.07) is 1.81. The lowest BCUT2D eigenvalue weighted by Gasteiger charge is -2.24. The molecule has 2 rings (SSSR count). The van der Waals surface area contributed by atoms with E-state index >= 15 is 0 Å². The molecule has 0 spiro atoms. The molecule has 2 amide bonds. The van der Waals surface area contributed by atoms with Gasteiger partial charge in [-0.1, -0.05) is 0 Å². The van der Waals surface area contributed by atoms with Crippen molar-refractivity contribution < 1.29 is 4.79 Å². The molecule has 5 nitrogen and oxygen atoms in total. The van der Waals surface area contributed by atoms with Crippen LogP contribution >= 0.6 is 0 Å². The number of hydrogen-bond donors (Lipinski definition) is 1. The van der Waals surface area contributed by atoms with Crippen molar-refractivity contribution in [3.8, 4) is 0 Å². The predicted octanol–water partition coefficient (Wildman–Crippen LogP) is 2.29. The summed E-state index contributed by atoms with van der Waals surface area (Å²) in [7, 11) is 0. The van der Waals surface area contributed by atoms with Crippen molar-refractivity contribution >= 4 is 6.03 Å². The van der Waals surface area contributed by atoms with Gasteiger partial charge < -0.3 is 10.2 Å². The van der Waals surface area contributed by atoms with Crippen LogP contribution in [0.3, 0.4) is 0 Å². The molecule has 0 bridgehead atoms. The Hall–Kier alpha value is -1.65.